The highest BCUT2D eigenvalue weighted by molar-refractivity contribution is 5.81. The number of aromatic nitrogens is 2. The van der Waals surface area contributed by atoms with E-state index < -0.39 is 0 Å². The van der Waals surface area contributed by atoms with E-state index in [1.807, 2.05) is 29.2 Å². The Morgan fingerprint density at radius 3 is 2.75 bits per heavy atom. The van der Waals surface area contributed by atoms with E-state index >= 15 is 0 Å². The van der Waals surface area contributed by atoms with Crippen LogP contribution in [-0.2, 0) is 18.4 Å². The van der Waals surface area contributed by atoms with Crippen molar-refractivity contribution in [2.45, 2.75) is 31.8 Å². The minimum atomic E-state index is -0.124. The van der Waals surface area contributed by atoms with Gasteiger partial charge in [-0.05, 0) is 31.5 Å². The van der Waals surface area contributed by atoms with Crippen LogP contribution in [-0.4, -0.2) is 57.1 Å². The average Bonchev–Trinajstić information content (AvgIpc) is 2.86. The van der Waals surface area contributed by atoms with Gasteiger partial charge in [0.05, 0.1) is 11.0 Å². The topological polar surface area (TPSA) is 50.5 Å². The first-order valence-corrected chi connectivity index (χ1v) is 8.81. The van der Waals surface area contributed by atoms with Crippen molar-refractivity contribution in [1.29, 1.82) is 0 Å². The molecule has 0 radical (unpaired) electrons. The fourth-order valence-corrected chi connectivity index (χ4v) is 4.13. The van der Waals surface area contributed by atoms with E-state index in [4.69, 9.17) is 0 Å². The number of amides is 1. The smallest absolute Gasteiger partial charge is 0.329 e. The number of carbonyl (C=O) groups is 1. The maximum absolute atomic E-state index is 12.8. The van der Waals surface area contributed by atoms with E-state index in [0.29, 0.717) is 6.04 Å². The number of rotatable bonds is 2. The standard InChI is InChI=1S/C18H24N4O2/c1-19-15-7-2-3-8-16(15)22(18(19)24)13-17(23)21-11-10-20-9-5-4-6-14(20)12-21/h2-3,7-8,14H,4-6,9-13H2,1H3/t14-/m1/s1. The normalized spacial score (nSPS) is 21.9. The molecular weight excluding hydrogens is 304 g/mol. The maximum atomic E-state index is 12.8. The molecule has 2 fully saturated rings. The second-order valence-corrected chi connectivity index (χ2v) is 6.94. The van der Waals surface area contributed by atoms with Gasteiger partial charge in [0.2, 0.25) is 5.91 Å². The number of nitrogens with zero attached hydrogens (tertiary/aromatic N) is 4. The lowest BCUT2D eigenvalue weighted by molar-refractivity contribution is -0.135. The maximum Gasteiger partial charge on any atom is 0.329 e. The Labute approximate surface area is 141 Å². The molecule has 0 saturated carbocycles. The van der Waals surface area contributed by atoms with Crippen molar-refractivity contribution in [3.05, 3.63) is 34.7 Å². The second-order valence-electron chi connectivity index (χ2n) is 6.94. The molecule has 1 amide bonds. The SMILES string of the molecule is Cn1c(=O)n(CC(=O)N2CCN3CCCC[C@@H]3C2)c2ccccc21. The van der Waals surface area contributed by atoms with Crippen LogP contribution in [0.4, 0.5) is 0 Å². The molecule has 24 heavy (non-hydrogen) atoms. The van der Waals surface area contributed by atoms with E-state index in [-0.39, 0.29) is 18.1 Å². The van der Waals surface area contributed by atoms with Gasteiger partial charge < -0.3 is 4.90 Å². The van der Waals surface area contributed by atoms with Crippen LogP contribution in [0, 0.1) is 0 Å². The number of carbonyl (C=O) groups excluding carboxylic acids is 1. The van der Waals surface area contributed by atoms with E-state index in [2.05, 4.69) is 4.90 Å². The molecule has 0 bridgehead atoms. The molecule has 6 heteroatoms. The number of hydrogen-bond donors (Lipinski definition) is 0. The Bertz CT molecular complexity index is 822. The van der Waals surface area contributed by atoms with Gasteiger partial charge in [-0.2, -0.15) is 0 Å². The summed E-state index contributed by atoms with van der Waals surface area (Å²) >= 11 is 0. The van der Waals surface area contributed by atoms with Gasteiger partial charge in [0, 0.05) is 32.7 Å². The third-order valence-corrected chi connectivity index (χ3v) is 5.54. The van der Waals surface area contributed by atoms with Crippen LogP contribution in [0.2, 0.25) is 0 Å². The van der Waals surface area contributed by atoms with Crippen LogP contribution < -0.4 is 5.69 Å². The van der Waals surface area contributed by atoms with Gasteiger partial charge in [-0.3, -0.25) is 18.8 Å². The predicted molar refractivity (Wildman–Crippen MR) is 93.0 cm³/mol. The molecule has 0 unspecified atom stereocenters. The van der Waals surface area contributed by atoms with Crippen LogP contribution in [0.5, 0.6) is 0 Å². The van der Waals surface area contributed by atoms with Crippen molar-refractivity contribution in [2.24, 2.45) is 7.05 Å². The van der Waals surface area contributed by atoms with E-state index in [9.17, 15) is 9.59 Å². The third-order valence-electron chi connectivity index (χ3n) is 5.54. The van der Waals surface area contributed by atoms with E-state index in [1.54, 1.807) is 16.2 Å². The van der Waals surface area contributed by atoms with Crippen LogP contribution in [0.3, 0.4) is 0 Å². The number of benzene rings is 1. The summed E-state index contributed by atoms with van der Waals surface area (Å²) in [5.41, 5.74) is 1.57. The molecule has 1 atom stereocenters. The zero-order chi connectivity index (χ0) is 16.7. The molecule has 1 aromatic carbocycles. The summed E-state index contributed by atoms with van der Waals surface area (Å²) in [6.45, 7) is 3.83. The Morgan fingerprint density at radius 1 is 1.12 bits per heavy atom. The van der Waals surface area contributed by atoms with Crippen LogP contribution in [0.15, 0.2) is 29.1 Å². The van der Waals surface area contributed by atoms with Gasteiger partial charge in [0.25, 0.3) is 0 Å². The summed E-state index contributed by atoms with van der Waals surface area (Å²) in [7, 11) is 1.76. The number of imidazole rings is 1. The summed E-state index contributed by atoms with van der Waals surface area (Å²) in [6.07, 6.45) is 3.71. The predicted octanol–water partition coefficient (Wildman–Crippen LogP) is 1.04. The Hall–Kier alpha value is -2.08. The first kappa shape index (κ1) is 15.4. The molecule has 3 heterocycles. The van der Waals surface area contributed by atoms with Crippen molar-refractivity contribution >= 4 is 16.9 Å². The lowest BCUT2D eigenvalue weighted by Crippen LogP contribution is -2.56. The van der Waals surface area contributed by atoms with Gasteiger partial charge in [0.15, 0.2) is 0 Å². The molecule has 4 rings (SSSR count). The lowest BCUT2D eigenvalue weighted by atomic mass is 9.99. The number of piperidine rings is 1. The molecule has 0 aliphatic carbocycles. The molecule has 0 N–H and O–H groups in total. The molecule has 1 aromatic heterocycles. The van der Waals surface area contributed by atoms with E-state index in [0.717, 1.165) is 37.2 Å². The molecule has 0 spiro atoms. The number of aryl methyl sites for hydroxylation is 1. The number of para-hydroxylation sites is 2. The van der Waals surface area contributed by atoms with Crippen LogP contribution in [0.1, 0.15) is 19.3 Å². The van der Waals surface area contributed by atoms with Crippen LogP contribution >= 0.6 is 0 Å². The first-order valence-electron chi connectivity index (χ1n) is 8.81. The van der Waals surface area contributed by atoms with Crippen molar-refractivity contribution in [1.82, 2.24) is 18.9 Å². The van der Waals surface area contributed by atoms with Crippen molar-refractivity contribution in [3.8, 4) is 0 Å². The third kappa shape index (κ3) is 2.55. The summed E-state index contributed by atoms with van der Waals surface area (Å²) in [6, 6.07) is 8.14. The van der Waals surface area contributed by atoms with Crippen molar-refractivity contribution < 1.29 is 4.79 Å². The Kier molecular flexibility index (Phi) is 3.92. The van der Waals surface area contributed by atoms with Gasteiger partial charge >= 0.3 is 5.69 Å². The van der Waals surface area contributed by atoms with Gasteiger partial charge in [-0.15, -0.1) is 0 Å². The second kappa shape index (κ2) is 6.09. The molecule has 128 valence electrons. The molecule has 2 aromatic rings. The zero-order valence-electron chi connectivity index (χ0n) is 14.1. The number of piperazine rings is 1. The van der Waals surface area contributed by atoms with Crippen molar-refractivity contribution in [3.63, 3.8) is 0 Å². The quantitative estimate of drug-likeness (QED) is 0.828. The first-order chi connectivity index (χ1) is 11.6. The monoisotopic (exact) mass is 328 g/mol. The molecule has 2 aliphatic heterocycles. The average molecular weight is 328 g/mol. The largest absolute Gasteiger partial charge is 0.338 e. The summed E-state index contributed by atoms with van der Waals surface area (Å²) in [5, 5.41) is 0. The Morgan fingerprint density at radius 2 is 1.92 bits per heavy atom. The number of fused-ring (bicyclic) bond motifs is 2. The molecule has 2 aliphatic rings. The summed E-state index contributed by atoms with van der Waals surface area (Å²) in [5.74, 6) is 0.0543. The van der Waals surface area contributed by atoms with Crippen LogP contribution in [0.25, 0.3) is 11.0 Å². The highest BCUT2D eigenvalue weighted by atomic mass is 16.2. The molecule has 2 saturated heterocycles. The lowest BCUT2D eigenvalue weighted by Gasteiger charge is -2.44. The van der Waals surface area contributed by atoms with Gasteiger partial charge in [-0.1, -0.05) is 18.6 Å². The minimum absolute atomic E-state index is 0.0543. The fraction of sp³-hybridized carbons (Fsp3) is 0.556. The van der Waals surface area contributed by atoms with Gasteiger partial charge in [-0.25, -0.2) is 4.79 Å². The molecular formula is C18H24N4O2. The highest BCUT2D eigenvalue weighted by Gasteiger charge is 2.31. The summed E-state index contributed by atoms with van der Waals surface area (Å²) in [4.78, 5) is 29.7. The fourth-order valence-electron chi connectivity index (χ4n) is 4.13. The minimum Gasteiger partial charge on any atom is -0.338 e. The van der Waals surface area contributed by atoms with E-state index in [1.165, 1.54) is 19.3 Å². The Balaban J connectivity index is 1.55. The number of hydrogen-bond acceptors (Lipinski definition) is 3. The van der Waals surface area contributed by atoms with Crippen molar-refractivity contribution in [2.75, 3.05) is 26.2 Å². The van der Waals surface area contributed by atoms with Gasteiger partial charge in [0.1, 0.15) is 6.54 Å². The zero-order valence-corrected chi connectivity index (χ0v) is 14.1. The molecule has 6 nitrogen and oxygen atoms in total. The highest BCUT2D eigenvalue weighted by Crippen LogP contribution is 2.21. The summed E-state index contributed by atoms with van der Waals surface area (Å²) < 4.78 is 3.21.